The largest absolute Gasteiger partial charge is 0.369 e. The summed E-state index contributed by atoms with van der Waals surface area (Å²) in [6.07, 6.45) is 3.80. The number of hydrogen-bond donors (Lipinski definition) is 1. The standard InChI is InChI=1S/C19H22FN3O2/c20-15-5-3-7-17(13-15)23-11-4-6-16(14-23)21-18(24)9-12-22-10-2-1-8-19(22)25/h1-3,5,7-8,10,13,16H,4,6,9,11-12,14H2,(H,21,24)/t16-/m1/s1. The molecule has 1 aliphatic rings. The Hall–Kier alpha value is -2.63. The number of rotatable bonds is 5. The number of nitrogens with one attached hydrogen (secondary N) is 1. The smallest absolute Gasteiger partial charge is 0.250 e. The minimum atomic E-state index is -0.253. The van der Waals surface area contributed by atoms with Crippen LogP contribution in [-0.2, 0) is 11.3 Å². The van der Waals surface area contributed by atoms with Crippen LogP contribution in [0.25, 0.3) is 0 Å². The Kier molecular flexibility index (Phi) is 5.48. The number of benzene rings is 1. The Morgan fingerprint density at radius 2 is 2.12 bits per heavy atom. The highest BCUT2D eigenvalue weighted by Gasteiger charge is 2.21. The maximum absolute atomic E-state index is 13.4. The fourth-order valence-corrected chi connectivity index (χ4v) is 3.17. The molecular formula is C19H22FN3O2. The fourth-order valence-electron chi connectivity index (χ4n) is 3.17. The van der Waals surface area contributed by atoms with Crippen LogP contribution < -0.4 is 15.8 Å². The minimum Gasteiger partial charge on any atom is -0.369 e. The molecule has 6 heteroatoms. The summed E-state index contributed by atoms with van der Waals surface area (Å²) in [5.74, 6) is -0.321. The average molecular weight is 343 g/mol. The Morgan fingerprint density at radius 1 is 1.24 bits per heavy atom. The second-order valence-electron chi connectivity index (χ2n) is 6.31. The second-order valence-corrected chi connectivity index (χ2v) is 6.31. The molecule has 1 aromatic carbocycles. The first-order valence-electron chi connectivity index (χ1n) is 8.57. The Labute approximate surface area is 146 Å². The molecule has 25 heavy (non-hydrogen) atoms. The van der Waals surface area contributed by atoms with Crippen LogP contribution in [0.5, 0.6) is 0 Å². The molecule has 3 rings (SSSR count). The van der Waals surface area contributed by atoms with Crippen molar-refractivity contribution in [2.45, 2.75) is 31.8 Å². The minimum absolute atomic E-state index is 0.0389. The number of aryl methyl sites for hydroxylation is 1. The van der Waals surface area contributed by atoms with Crippen molar-refractivity contribution in [3.8, 4) is 0 Å². The van der Waals surface area contributed by atoms with Gasteiger partial charge in [-0.1, -0.05) is 12.1 Å². The van der Waals surface area contributed by atoms with Crippen LogP contribution in [-0.4, -0.2) is 29.6 Å². The molecule has 0 spiro atoms. The summed E-state index contributed by atoms with van der Waals surface area (Å²) < 4.78 is 14.9. The topological polar surface area (TPSA) is 54.3 Å². The van der Waals surface area contributed by atoms with Crippen LogP contribution >= 0.6 is 0 Å². The predicted molar refractivity (Wildman–Crippen MR) is 95.1 cm³/mol. The third-order valence-corrected chi connectivity index (χ3v) is 4.44. The van der Waals surface area contributed by atoms with E-state index in [1.165, 1.54) is 22.8 Å². The van der Waals surface area contributed by atoms with Crippen LogP contribution in [0, 0.1) is 5.82 Å². The summed E-state index contributed by atoms with van der Waals surface area (Å²) in [6, 6.07) is 11.5. The normalized spacial score (nSPS) is 17.3. The van der Waals surface area contributed by atoms with Crippen LogP contribution in [0.2, 0.25) is 0 Å². The quantitative estimate of drug-likeness (QED) is 0.905. The highest BCUT2D eigenvalue weighted by molar-refractivity contribution is 5.76. The van der Waals surface area contributed by atoms with E-state index in [2.05, 4.69) is 10.2 Å². The molecule has 0 bridgehead atoms. The van der Waals surface area contributed by atoms with Crippen molar-refractivity contribution in [2.75, 3.05) is 18.0 Å². The zero-order valence-electron chi connectivity index (χ0n) is 14.0. The molecule has 0 unspecified atom stereocenters. The summed E-state index contributed by atoms with van der Waals surface area (Å²) in [7, 11) is 0. The molecule has 1 fully saturated rings. The molecular weight excluding hydrogens is 321 g/mol. The first kappa shape index (κ1) is 17.2. The van der Waals surface area contributed by atoms with Crippen molar-refractivity contribution in [2.24, 2.45) is 0 Å². The summed E-state index contributed by atoms with van der Waals surface area (Å²) in [4.78, 5) is 25.9. The lowest BCUT2D eigenvalue weighted by Gasteiger charge is -2.34. The summed E-state index contributed by atoms with van der Waals surface area (Å²) in [6.45, 7) is 1.89. The monoisotopic (exact) mass is 343 g/mol. The van der Waals surface area contributed by atoms with Gasteiger partial charge in [-0.05, 0) is 37.1 Å². The number of aromatic nitrogens is 1. The number of anilines is 1. The maximum Gasteiger partial charge on any atom is 0.250 e. The van der Waals surface area contributed by atoms with Crippen molar-refractivity contribution < 1.29 is 9.18 Å². The van der Waals surface area contributed by atoms with E-state index in [-0.39, 0.29) is 29.7 Å². The predicted octanol–water partition coefficient (Wildman–Crippen LogP) is 2.16. The zero-order chi connectivity index (χ0) is 17.6. The average Bonchev–Trinajstić information content (AvgIpc) is 2.61. The van der Waals surface area contributed by atoms with Gasteiger partial charge in [0.1, 0.15) is 5.82 Å². The first-order valence-corrected chi connectivity index (χ1v) is 8.57. The molecule has 2 aromatic rings. The molecule has 1 aliphatic heterocycles. The molecule has 132 valence electrons. The molecule has 5 nitrogen and oxygen atoms in total. The summed E-state index contributed by atoms with van der Waals surface area (Å²) >= 11 is 0. The highest BCUT2D eigenvalue weighted by Crippen LogP contribution is 2.20. The maximum atomic E-state index is 13.4. The number of carbonyl (C=O) groups is 1. The fraction of sp³-hybridized carbons (Fsp3) is 0.368. The Bertz CT molecular complexity index is 790. The van der Waals surface area contributed by atoms with Gasteiger partial charge >= 0.3 is 0 Å². The van der Waals surface area contributed by atoms with E-state index in [1.54, 1.807) is 24.4 Å². The van der Waals surface area contributed by atoms with Crippen LogP contribution in [0.3, 0.4) is 0 Å². The third-order valence-electron chi connectivity index (χ3n) is 4.44. The van der Waals surface area contributed by atoms with Gasteiger partial charge < -0.3 is 14.8 Å². The van der Waals surface area contributed by atoms with Gasteiger partial charge in [0, 0.05) is 50.0 Å². The molecule has 1 atom stereocenters. The lowest BCUT2D eigenvalue weighted by Crippen LogP contribution is -2.48. The van der Waals surface area contributed by atoms with Gasteiger partial charge in [0.05, 0.1) is 0 Å². The van der Waals surface area contributed by atoms with E-state index in [1.807, 2.05) is 6.07 Å². The lowest BCUT2D eigenvalue weighted by molar-refractivity contribution is -0.122. The Morgan fingerprint density at radius 3 is 2.92 bits per heavy atom. The summed E-state index contributed by atoms with van der Waals surface area (Å²) in [5.41, 5.74) is 0.736. The molecule has 1 amide bonds. The number of piperidine rings is 1. The molecule has 0 saturated carbocycles. The van der Waals surface area contributed by atoms with E-state index in [0.717, 1.165) is 25.1 Å². The Balaban J connectivity index is 1.53. The van der Waals surface area contributed by atoms with E-state index in [4.69, 9.17) is 0 Å². The van der Waals surface area contributed by atoms with Gasteiger partial charge in [0.2, 0.25) is 5.91 Å². The zero-order valence-corrected chi connectivity index (χ0v) is 14.0. The van der Waals surface area contributed by atoms with Gasteiger partial charge in [0.15, 0.2) is 0 Å². The molecule has 1 N–H and O–H groups in total. The first-order chi connectivity index (χ1) is 12.1. The second kappa shape index (κ2) is 7.96. The van der Waals surface area contributed by atoms with Gasteiger partial charge in [-0.2, -0.15) is 0 Å². The van der Waals surface area contributed by atoms with Crippen LogP contribution in [0.1, 0.15) is 19.3 Å². The number of amides is 1. The molecule has 2 heterocycles. The van der Waals surface area contributed by atoms with E-state index in [9.17, 15) is 14.0 Å². The number of halogens is 1. The van der Waals surface area contributed by atoms with Crippen molar-refractivity contribution in [3.63, 3.8) is 0 Å². The van der Waals surface area contributed by atoms with Crippen molar-refractivity contribution >= 4 is 11.6 Å². The number of carbonyl (C=O) groups excluding carboxylic acids is 1. The van der Waals surface area contributed by atoms with Gasteiger partial charge in [-0.15, -0.1) is 0 Å². The van der Waals surface area contributed by atoms with E-state index < -0.39 is 0 Å². The SMILES string of the molecule is O=C(CCn1ccccc1=O)N[C@@H]1CCCN(c2cccc(F)c2)C1. The third kappa shape index (κ3) is 4.68. The van der Waals surface area contributed by atoms with E-state index >= 15 is 0 Å². The van der Waals surface area contributed by atoms with Gasteiger partial charge in [-0.25, -0.2) is 4.39 Å². The van der Waals surface area contributed by atoms with Crippen molar-refractivity contribution in [1.82, 2.24) is 9.88 Å². The number of pyridine rings is 1. The lowest BCUT2D eigenvalue weighted by atomic mass is 10.0. The van der Waals surface area contributed by atoms with Crippen molar-refractivity contribution in [3.05, 3.63) is 64.8 Å². The number of nitrogens with zero attached hydrogens (tertiary/aromatic N) is 2. The van der Waals surface area contributed by atoms with Crippen LogP contribution in [0.15, 0.2) is 53.5 Å². The summed E-state index contributed by atoms with van der Waals surface area (Å²) in [5, 5.41) is 3.03. The van der Waals surface area contributed by atoms with Crippen LogP contribution in [0.4, 0.5) is 10.1 Å². The van der Waals surface area contributed by atoms with Gasteiger partial charge in [-0.3, -0.25) is 9.59 Å². The molecule has 1 saturated heterocycles. The highest BCUT2D eigenvalue weighted by atomic mass is 19.1. The number of hydrogen-bond acceptors (Lipinski definition) is 3. The van der Waals surface area contributed by atoms with E-state index in [0.29, 0.717) is 13.1 Å². The van der Waals surface area contributed by atoms with Gasteiger partial charge in [0.25, 0.3) is 5.56 Å². The molecule has 1 aromatic heterocycles. The molecule has 0 aliphatic carbocycles. The molecule has 0 radical (unpaired) electrons. The van der Waals surface area contributed by atoms with Crippen molar-refractivity contribution in [1.29, 1.82) is 0 Å².